The number of hydrogen-bond donors (Lipinski definition) is 1. The van der Waals surface area contributed by atoms with Crippen molar-refractivity contribution in [2.24, 2.45) is 5.92 Å². The zero-order chi connectivity index (χ0) is 16.1. The SMILES string of the molecule is O=c1c(OCCCO)coc2cccc(CC3CCCCC3)c12. The van der Waals surface area contributed by atoms with Gasteiger partial charge in [0, 0.05) is 13.0 Å². The number of fused-ring (bicyclic) bond motifs is 1. The van der Waals surface area contributed by atoms with Crippen LogP contribution in [0.2, 0.25) is 0 Å². The molecule has 4 heteroatoms. The van der Waals surface area contributed by atoms with Gasteiger partial charge in [-0.2, -0.15) is 0 Å². The molecule has 0 aliphatic heterocycles. The van der Waals surface area contributed by atoms with Crippen LogP contribution in [-0.4, -0.2) is 18.3 Å². The fourth-order valence-electron chi connectivity index (χ4n) is 3.44. The molecule has 3 rings (SSSR count). The van der Waals surface area contributed by atoms with E-state index in [-0.39, 0.29) is 17.8 Å². The number of benzene rings is 1. The van der Waals surface area contributed by atoms with Gasteiger partial charge < -0.3 is 14.3 Å². The van der Waals surface area contributed by atoms with E-state index < -0.39 is 0 Å². The van der Waals surface area contributed by atoms with Gasteiger partial charge in [0.1, 0.15) is 11.8 Å². The lowest BCUT2D eigenvalue weighted by molar-refractivity contribution is 0.230. The Morgan fingerprint density at radius 2 is 2.04 bits per heavy atom. The first-order valence-electron chi connectivity index (χ1n) is 8.56. The molecule has 2 aromatic rings. The van der Waals surface area contributed by atoms with Gasteiger partial charge in [0.05, 0.1) is 12.0 Å². The third kappa shape index (κ3) is 3.75. The fourth-order valence-corrected chi connectivity index (χ4v) is 3.44. The summed E-state index contributed by atoms with van der Waals surface area (Å²) < 4.78 is 11.1. The summed E-state index contributed by atoms with van der Waals surface area (Å²) in [5.74, 6) is 0.898. The molecule has 23 heavy (non-hydrogen) atoms. The van der Waals surface area contributed by atoms with Gasteiger partial charge in [-0.25, -0.2) is 0 Å². The Labute approximate surface area is 136 Å². The van der Waals surface area contributed by atoms with Crippen LogP contribution in [0.15, 0.2) is 33.7 Å². The minimum Gasteiger partial charge on any atom is -0.487 e. The Hall–Kier alpha value is -1.81. The molecular weight excluding hydrogens is 292 g/mol. The van der Waals surface area contributed by atoms with Crippen LogP contribution < -0.4 is 10.2 Å². The zero-order valence-electron chi connectivity index (χ0n) is 13.4. The summed E-state index contributed by atoms with van der Waals surface area (Å²) in [6, 6.07) is 5.82. The van der Waals surface area contributed by atoms with Crippen molar-refractivity contribution in [3.05, 3.63) is 40.2 Å². The summed E-state index contributed by atoms with van der Waals surface area (Å²) in [6.45, 7) is 0.364. The predicted molar refractivity (Wildman–Crippen MR) is 90.0 cm³/mol. The Balaban J connectivity index is 1.90. The van der Waals surface area contributed by atoms with Crippen molar-refractivity contribution in [2.75, 3.05) is 13.2 Å². The van der Waals surface area contributed by atoms with Crippen LogP contribution in [0.4, 0.5) is 0 Å². The molecule has 124 valence electrons. The molecule has 1 saturated carbocycles. The summed E-state index contributed by atoms with van der Waals surface area (Å²) in [4.78, 5) is 12.7. The molecule has 1 fully saturated rings. The molecule has 0 bridgehead atoms. The van der Waals surface area contributed by atoms with Gasteiger partial charge >= 0.3 is 0 Å². The molecule has 1 aromatic carbocycles. The standard InChI is InChI=1S/C19H24O4/c20-10-5-11-22-17-13-23-16-9-4-8-15(18(16)19(17)21)12-14-6-2-1-3-7-14/h4,8-9,13-14,20H,1-3,5-7,10-12H2. The maximum atomic E-state index is 12.7. The van der Waals surface area contributed by atoms with Crippen molar-refractivity contribution in [3.8, 4) is 5.75 Å². The highest BCUT2D eigenvalue weighted by molar-refractivity contribution is 5.81. The number of aliphatic hydroxyl groups excluding tert-OH is 1. The van der Waals surface area contributed by atoms with Crippen LogP contribution in [0.5, 0.6) is 5.75 Å². The molecular formula is C19H24O4. The third-order valence-corrected chi connectivity index (χ3v) is 4.65. The normalized spacial score (nSPS) is 15.9. The zero-order valence-corrected chi connectivity index (χ0v) is 13.4. The second-order valence-electron chi connectivity index (χ2n) is 6.35. The van der Waals surface area contributed by atoms with Crippen molar-refractivity contribution in [1.29, 1.82) is 0 Å². The van der Waals surface area contributed by atoms with Crippen LogP contribution >= 0.6 is 0 Å². The van der Waals surface area contributed by atoms with Gasteiger partial charge in [0.2, 0.25) is 11.2 Å². The molecule has 0 atom stereocenters. The Morgan fingerprint density at radius 3 is 2.83 bits per heavy atom. The van der Waals surface area contributed by atoms with Gasteiger partial charge in [-0.3, -0.25) is 4.79 Å². The smallest absolute Gasteiger partial charge is 0.234 e. The van der Waals surface area contributed by atoms with Crippen LogP contribution in [0.1, 0.15) is 44.1 Å². The van der Waals surface area contributed by atoms with Gasteiger partial charge in [0.25, 0.3) is 0 Å². The van der Waals surface area contributed by atoms with E-state index in [0.717, 1.165) is 12.0 Å². The molecule has 0 amide bonds. The van der Waals surface area contributed by atoms with Crippen LogP contribution in [0, 0.1) is 5.92 Å². The molecule has 1 N–H and O–H groups in total. The molecule has 0 radical (unpaired) electrons. The number of rotatable bonds is 6. The van der Waals surface area contributed by atoms with Crippen LogP contribution in [0.3, 0.4) is 0 Å². The molecule has 1 aliphatic rings. The highest BCUT2D eigenvalue weighted by Crippen LogP contribution is 2.29. The number of aliphatic hydroxyl groups is 1. The average Bonchev–Trinajstić information content (AvgIpc) is 2.58. The highest BCUT2D eigenvalue weighted by Gasteiger charge is 2.18. The van der Waals surface area contributed by atoms with Crippen molar-refractivity contribution in [3.63, 3.8) is 0 Å². The Kier molecular flexibility index (Phi) is 5.34. The van der Waals surface area contributed by atoms with Crippen LogP contribution in [0.25, 0.3) is 11.0 Å². The minimum absolute atomic E-state index is 0.0475. The van der Waals surface area contributed by atoms with Gasteiger partial charge in [-0.05, 0) is 24.0 Å². The van der Waals surface area contributed by atoms with Crippen molar-refractivity contribution in [2.45, 2.75) is 44.9 Å². The minimum atomic E-state index is -0.101. The largest absolute Gasteiger partial charge is 0.487 e. The first kappa shape index (κ1) is 16.1. The van der Waals surface area contributed by atoms with Gasteiger partial charge in [-0.15, -0.1) is 0 Å². The van der Waals surface area contributed by atoms with E-state index in [1.54, 1.807) is 0 Å². The molecule has 4 nitrogen and oxygen atoms in total. The second-order valence-corrected chi connectivity index (χ2v) is 6.35. The summed E-state index contributed by atoms with van der Waals surface area (Å²) in [6.07, 6.45) is 9.22. The molecule has 1 aromatic heterocycles. The molecule has 1 aliphatic carbocycles. The van der Waals surface area contributed by atoms with E-state index in [2.05, 4.69) is 0 Å². The second kappa shape index (κ2) is 7.64. The Morgan fingerprint density at radius 1 is 1.22 bits per heavy atom. The molecule has 0 spiro atoms. The number of ether oxygens (including phenoxy) is 1. The fraction of sp³-hybridized carbons (Fsp3) is 0.526. The van der Waals surface area contributed by atoms with Gasteiger partial charge in [0.15, 0.2) is 0 Å². The van der Waals surface area contributed by atoms with Crippen molar-refractivity contribution < 1.29 is 14.3 Å². The third-order valence-electron chi connectivity index (χ3n) is 4.65. The average molecular weight is 316 g/mol. The first-order chi connectivity index (χ1) is 11.3. The summed E-state index contributed by atoms with van der Waals surface area (Å²) in [5, 5.41) is 9.48. The lowest BCUT2D eigenvalue weighted by Gasteiger charge is -2.22. The van der Waals surface area contributed by atoms with E-state index in [9.17, 15) is 4.79 Å². The van der Waals surface area contributed by atoms with E-state index >= 15 is 0 Å². The molecule has 0 saturated heterocycles. The van der Waals surface area contributed by atoms with E-state index in [1.165, 1.54) is 38.4 Å². The molecule has 1 heterocycles. The lowest BCUT2D eigenvalue weighted by Crippen LogP contribution is -2.14. The topological polar surface area (TPSA) is 59.7 Å². The maximum absolute atomic E-state index is 12.7. The summed E-state index contributed by atoms with van der Waals surface area (Å²) in [5.41, 5.74) is 1.59. The Bertz CT molecular complexity index is 698. The number of hydrogen-bond acceptors (Lipinski definition) is 4. The lowest BCUT2D eigenvalue weighted by atomic mass is 9.84. The summed E-state index contributed by atoms with van der Waals surface area (Å²) >= 11 is 0. The predicted octanol–water partition coefficient (Wildman–Crippen LogP) is 3.68. The maximum Gasteiger partial charge on any atom is 0.234 e. The van der Waals surface area contributed by atoms with E-state index in [1.807, 2.05) is 18.2 Å². The van der Waals surface area contributed by atoms with Gasteiger partial charge in [-0.1, -0.05) is 44.2 Å². The van der Waals surface area contributed by atoms with E-state index in [4.69, 9.17) is 14.3 Å². The molecule has 0 unspecified atom stereocenters. The van der Waals surface area contributed by atoms with Crippen molar-refractivity contribution in [1.82, 2.24) is 0 Å². The van der Waals surface area contributed by atoms with E-state index in [0.29, 0.717) is 29.9 Å². The quantitative estimate of drug-likeness (QED) is 0.826. The first-order valence-corrected chi connectivity index (χ1v) is 8.56. The highest BCUT2D eigenvalue weighted by atomic mass is 16.5. The summed E-state index contributed by atoms with van der Waals surface area (Å²) in [7, 11) is 0. The van der Waals surface area contributed by atoms with Crippen molar-refractivity contribution >= 4 is 11.0 Å². The monoisotopic (exact) mass is 316 g/mol. The van der Waals surface area contributed by atoms with Crippen LogP contribution in [-0.2, 0) is 6.42 Å².